The average molecular weight is 543 g/mol. The fourth-order valence-electron chi connectivity index (χ4n) is 5.61. The number of ether oxygens (including phenoxy) is 2. The molecule has 2 heterocycles. The molecule has 9 heteroatoms. The summed E-state index contributed by atoms with van der Waals surface area (Å²) in [6.45, 7) is 11.9. The zero-order chi connectivity index (χ0) is 27.6. The van der Waals surface area contributed by atoms with Gasteiger partial charge in [0.2, 0.25) is 0 Å². The first-order valence-corrected chi connectivity index (χ1v) is 13.8. The summed E-state index contributed by atoms with van der Waals surface area (Å²) in [4.78, 5) is 24.6. The van der Waals surface area contributed by atoms with Crippen LogP contribution in [0.5, 0.6) is 5.75 Å². The van der Waals surface area contributed by atoms with Gasteiger partial charge in [0.05, 0.1) is 28.5 Å². The van der Waals surface area contributed by atoms with Gasteiger partial charge in [-0.2, -0.15) is 0 Å². The molecule has 8 nitrogen and oxygen atoms in total. The van der Waals surface area contributed by atoms with Crippen LogP contribution in [-0.2, 0) is 9.53 Å². The summed E-state index contributed by atoms with van der Waals surface area (Å²) in [6, 6.07) is 5.27. The molecule has 1 aliphatic carbocycles. The van der Waals surface area contributed by atoms with Gasteiger partial charge in [-0.1, -0.05) is 24.9 Å². The van der Waals surface area contributed by atoms with Gasteiger partial charge in [0.15, 0.2) is 11.6 Å². The third kappa shape index (κ3) is 5.82. The maximum absolute atomic E-state index is 12.6. The summed E-state index contributed by atoms with van der Waals surface area (Å²) < 4.78 is 11.6. The summed E-state index contributed by atoms with van der Waals surface area (Å²) in [7, 11) is 0. The minimum atomic E-state index is -0.545. The minimum Gasteiger partial charge on any atom is -0.491 e. The number of Topliss-reactive ketones (excluding diaryl/α,β-unsaturated/α-hetero) is 1. The van der Waals surface area contributed by atoms with Gasteiger partial charge in [-0.25, -0.2) is 9.97 Å². The highest BCUT2D eigenvalue weighted by Gasteiger charge is 2.53. The quantitative estimate of drug-likeness (QED) is 0.384. The molecule has 38 heavy (non-hydrogen) atoms. The van der Waals surface area contributed by atoms with Crippen molar-refractivity contribution in [3.63, 3.8) is 0 Å². The van der Waals surface area contributed by atoms with Crippen molar-refractivity contribution in [3.05, 3.63) is 40.2 Å². The monoisotopic (exact) mass is 542 g/mol. The van der Waals surface area contributed by atoms with Crippen LogP contribution in [-0.4, -0.2) is 59.4 Å². The van der Waals surface area contributed by atoms with E-state index in [1.165, 1.54) is 6.92 Å². The molecule has 1 saturated carbocycles. The van der Waals surface area contributed by atoms with E-state index >= 15 is 0 Å². The molecule has 1 aromatic heterocycles. The zero-order valence-electron chi connectivity index (χ0n) is 23.0. The normalized spacial score (nSPS) is 18.0. The second kappa shape index (κ2) is 11.6. The van der Waals surface area contributed by atoms with Gasteiger partial charge in [0, 0.05) is 41.9 Å². The lowest BCUT2D eigenvalue weighted by molar-refractivity contribution is -0.111. The number of aromatic nitrogens is 2. The van der Waals surface area contributed by atoms with Crippen molar-refractivity contribution in [1.82, 2.24) is 9.97 Å². The van der Waals surface area contributed by atoms with E-state index in [1.807, 2.05) is 20.8 Å². The number of nitrogens with two attached hydrogens (primary N) is 1. The first kappa shape index (κ1) is 28.3. The van der Waals surface area contributed by atoms with Crippen molar-refractivity contribution < 1.29 is 19.4 Å². The Morgan fingerprint density at radius 3 is 2.58 bits per heavy atom. The number of allylic oxidation sites excluding steroid dienone is 2. The van der Waals surface area contributed by atoms with Crippen LogP contribution in [0.25, 0.3) is 17.0 Å². The number of ketones is 1. The molecule has 1 aromatic carbocycles. The number of nitrogens with zero attached hydrogens (tertiary/aromatic N) is 3. The number of aliphatic hydroxyl groups is 1. The molecule has 2 aromatic rings. The van der Waals surface area contributed by atoms with Gasteiger partial charge >= 0.3 is 0 Å². The molecular weight excluding hydrogens is 504 g/mol. The third-order valence-electron chi connectivity index (χ3n) is 7.42. The van der Waals surface area contributed by atoms with Gasteiger partial charge in [-0.15, -0.1) is 0 Å². The van der Waals surface area contributed by atoms with Crippen LogP contribution in [0.3, 0.4) is 0 Å². The predicted octanol–water partition coefficient (Wildman–Crippen LogP) is 4.93. The number of carbonyl (C=O) groups is 1. The standard InChI is InChI=1S/C29H39ClN4O4/c1-6-8-20(36)14-38-21-9-10-24(30)23(11-21)27-32-26(25(18(4)31)19(5)35)17(3)28(33-27)34-15-29(16-34)12-22(13-29)37-7-2/h9-11,20,22,36H,6-8,12-16,31H2,1-5H3/t20-/m1/s1. The van der Waals surface area contributed by atoms with Crippen molar-refractivity contribution in [3.8, 4) is 17.1 Å². The number of halogens is 1. The maximum Gasteiger partial charge on any atom is 0.163 e. The number of benzene rings is 1. The van der Waals surface area contributed by atoms with E-state index in [0.717, 1.165) is 50.3 Å². The minimum absolute atomic E-state index is 0.157. The van der Waals surface area contributed by atoms with Gasteiger partial charge < -0.3 is 25.2 Å². The van der Waals surface area contributed by atoms with E-state index in [1.54, 1.807) is 25.1 Å². The lowest BCUT2D eigenvalue weighted by Gasteiger charge is -2.59. The van der Waals surface area contributed by atoms with Gasteiger partial charge in [-0.3, -0.25) is 4.79 Å². The Hall–Kier alpha value is -2.68. The predicted molar refractivity (Wildman–Crippen MR) is 150 cm³/mol. The van der Waals surface area contributed by atoms with E-state index in [-0.39, 0.29) is 17.8 Å². The highest BCUT2D eigenvalue weighted by molar-refractivity contribution is 6.33. The first-order chi connectivity index (χ1) is 18.1. The fraction of sp³-hybridized carbons (Fsp3) is 0.552. The van der Waals surface area contributed by atoms with E-state index in [4.69, 9.17) is 36.8 Å². The Labute approximate surface area is 230 Å². The van der Waals surface area contributed by atoms with Gasteiger partial charge in [0.25, 0.3) is 0 Å². The van der Waals surface area contributed by atoms with Gasteiger partial charge in [0.1, 0.15) is 18.2 Å². The molecule has 4 rings (SSSR count). The Kier molecular flexibility index (Phi) is 8.65. The maximum atomic E-state index is 12.6. The van der Waals surface area contributed by atoms with Crippen molar-refractivity contribution in [2.45, 2.75) is 72.5 Å². The number of carbonyl (C=O) groups excluding carboxylic acids is 1. The summed E-state index contributed by atoms with van der Waals surface area (Å²) in [5, 5.41) is 10.6. The van der Waals surface area contributed by atoms with E-state index < -0.39 is 6.10 Å². The van der Waals surface area contributed by atoms with Crippen molar-refractivity contribution in [2.75, 3.05) is 31.2 Å². The largest absolute Gasteiger partial charge is 0.491 e. The molecule has 1 spiro atoms. The number of aliphatic hydroxyl groups excluding tert-OH is 1. The molecule has 0 unspecified atom stereocenters. The average Bonchev–Trinajstić information content (AvgIpc) is 2.80. The number of hydrogen-bond acceptors (Lipinski definition) is 8. The topological polar surface area (TPSA) is 111 Å². The molecule has 2 fully saturated rings. The molecule has 1 aliphatic heterocycles. The third-order valence-corrected chi connectivity index (χ3v) is 7.75. The second-order valence-electron chi connectivity index (χ2n) is 10.7. The number of rotatable bonds is 11. The SMILES string of the molecule is CCC[C@@H](O)COc1ccc(Cl)c(-c2nc(C(C(C)=O)=C(C)N)c(C)c(N3CC4(CC(OCC)C4)C3)n2)c1. The molecule has 3 N–H and O–H groups in total. The molecule has 2 aliphatic rings. The van der Waals surface area contributed by atoms with Crippen molar-refractivity contribution >= 4 is 28.8 Å². The smallest absolute Gasteiger partial charge is 0.163 e. The van der Waals surface area contributed by atoms with Crippen LogP contribution >= 0.6 is 11.6 Å². The van der Waals surface area contributed by atoms with Crippen LogP contribution in [0.4, 0.5) is 5.82 Å². The van der Waals surface area contributed by atoms with Crippen molar-refractivity contribution in [1.29, 1.82) is 0 Å². The molecule has 0 amide bonds. The van der Waals surface area contributed by atoms with E-state index in [9.17, 15) is 9.90 Å². The van der Waals surface area contributed by atoms with Crippen LogP contribution in [0.2, 0.25) is 5.02 Å². The molecular formula is C29H39ClN4O4. The number of hydrogen-bond donors (Lipinski definition) is 2. The first-order valence-electron chi connectivity index (χ1n) is 13.4. The van der Waals surface area contributed by atoms with E-state index in [2.05, 4.69) is 4.90 Å². The summed E-state index contributed by atoms with van der Waals surface area (Å²) in [5.74, 6) is 1.57. The molecule has 0 bridgehead atoms. The summed E-state index contributed by atoms with van der Waals surface area (Å²) in [5.41, 5.74) is 9.12. The Morgan fingerprint density at radius 1 is 1.26 bits per heavy atom. The highest BCUT2D eigenvalue weighted by atomic mass is 35.5. The van der Waals surface area contributed by atoms with Crippen LogP contribution in [0, 0.1) is 12.3 Å². The fourth-order valence-corrected chi connectivity index (χ4v) is 5.82. The summed E-state index contributed by atoms with van der Waals surface area (Å²) >= 11 is 6.63. The molecule has 0 radical (unpaired) electrons. The second-order valence-corrected chi connectivity index (χ2v) is 11.1. The van der Waals surface area contributed by atoms with Crippen LogP contribution < -0.4 is 15.4 Å². The Bertz CT molecular complexity index is 1210. The zero-order valence-corrected chi connectivity index (χ0v) is 23.8. The van der Waals surface area contributed by atoms with Gasteiger partial charge in [-0.05, 0) is 65.2 Å². The van der Waals surface area contributed by atoms with Crippen LogP contribution in [0.15, 0.2) is 23.9 Å². The van der Waals surface area contributed by atoms with Crippen LogP contribution in [0.1, 0.15) is 64.6 Å². The highest BCUT2D eigenvalue weighted by Crippen LogP contribution is 2.51. The molecule has 1 saturated heterocycles. The molecule has 206 valence electrons. The van der Waals surface area contributed by atoms with E-state index in [0.29, 0.717) is 51.6 Å². The van der Waals surface area contributed by atoms with Crippen molar-refractivity contribution in [2.24, 2.45) is 11.1 Å². The summed E-state index contributed by atoms with van der Waals surface area (Å²) in [6.07, 6.45) is 3.43. The number of anilines is 1. The Balaban J connectivity index is 1.71. The Morgan fingerprint density at radius 2 is 1.97 bits per heavy atom. The lowest BCUT2D eigenvalue weighted by Crippen LogP contribution is -2.64. The lowest BCUT2D eigenvalue weighted by atomic mass is 9.61. The molecule has 1 atom stereocenters.